The third-order valence-corrected chi connectivity index (χ3v) is 3.84. The molecule has 0 amide bonds. The highest BCUT2D eigenvalue weighted by Gasteiger charge is 2.40. The molecule has 0 radical (unpaired) electrons. The van der Waals surface area contributed by atoms with Crippen LogP contribution in [0.2, 0.25) is 0 Å². The lowest BCUT2D eigenvalue weighted by Gasteiger charge is -2.30. The Balaban J connectivity index is 2.20. The molecule has 0 aliphatic carbocycles. The van der Waals surface area contributed by atoms with Gasteiger partial charge in [0.15, 0.2) is 0 Å². The van der Waals surface area contributed by atoms with Crippen LogP contribution >= 0.6 is 0 Å². The molecule has 2 rings (SSSR count). The molecule has 0 saturated carbocycles. The number of nitrogens with two attached hydrogens (primary N) is 1. The molecule has 1 aromatic carbocycles. The fraction of sp³-hybridized carbons (Fsp3) is 0.533. The second-order valence-electron chi connectivity index (χ2n) is 5.59. The van der Waals surface area contributed by atoms with E-state index in [0.717, 1.165) is 0 Å². The van der Waals surface area contributed by atoms with Crippen LogP contribution in [0.25, 0.3) is 0 Å². The molecule has 1 heterocycles. The molecule has 0 aromatic heterocycles. The maximum Gasteiger partial charge on any atom is 0.337 e. The van der Waals surface area contributed by atoms with Crippen molar-refractivity contribution in [2.24, 2.45) is 5.41 Å². The van der Waals surface area contributed by atoms with Gasteiger partial charge in [-0.05, 0) is 18.2 Å². The zero-order valence-corrected chi connectivity index (χ0v) is 12.6. The SMILES string of the molecule is COC[C@@]1(C)COC[C@H]1Nc1cc(C(=O)OC)ccc1N. The van der Waals surface area contributed by atoms with Crippen molar-refractivity contribution in [2.75, 3.05) is 45.1 Å². The molecule has 21 heavy (non-hydrogen) atoms. The van der Waals surface area contributed by atoms with Crippen molar-refractivity contribution in [1.29, 1.82) is 0 Å². The number of hydrogen-bond acceptors (Lipinski definition) is 6. The number of ether oxygens (including phenoxy) is 3. The van der Waals surface area contributed by atoms with E-state index in [1.165, 1.54) is 7.11 Å². The smallest absolute Gasteiger partial charge is 0.337 e. The summed E-state index contributed by atoms with van der Waals surface area (Å²) in [5.41, 5.74) is 7.59. The predicted molar refractivity (Wildman–Crippen MR) is 80.4 cm³/mol. The van der Waals surface area contributed by atoms with Crippen molar-refractivity contribution in [3.05, 3.63) is 23.8 Å². The van der Waals surface area contributed by atoms with E-state index in [0.29, 0.717) is 36.8 Å². The summed E-state index contributed by atoms with van der Waals surface area (Å²) in [4.78, 5) is 11.6. The lowest BCUT2D eigenvalue weighted by molar-refractivity contribution is 0.0600. The number of methoxy groups -OCH3 is 2. The second-order valence-corrected chi connectivity index (χ2v) is 5.59. The van der Waals surface area contributed by atoms with Crippen LogP contribution in [0.4, 0.5) is 11.4 Å². The van der Waals surface area contributed by atoms with E-state index in [9.17, 15) is 4.79 Å². The number of carbonyl (C=O) groups is 1. The zero-order valence-electron chi connectivity index (χ0n) is 12.6. The highest BCUT2D eigenvalue weighted by atomic mass is 16.5. The van der Waals surface area contributed by atoms with Crippen LogP contribution in [0, 0.1) is 5.41 Å². The van der Waals surface area contributed by atoms with Gasteiger partial charge < -0.3 is 25.3 Å². The van der Waals surface area contributed by atoms with Gasteiger partial charge in [-0.1, -0.05) is 6.92 Å². The average Bonchev–Trinajstić information content (AvgIpc) is 2.82. The monoisotopic (exact) mass is 294 g/mol. The van der Waals surface area contributed by atoms with Crippen LogP contribution < -0.4 is 11.1 Å². The molecule has 1 aliphatic heterocycles. The van der Waals surface area contributed by atoms with E-state index in [1.54, 1.807) is 25.3 Å². The molecule has 1 fully saturated rings. The van der Waals surface area contributed by atoms with Crippen LogP contribution in [0.3, 0.4) is 0 Å². The molecule has 0 spiro atoms. The summed E-state index contributed by atoms with van der Waals surface area (Å²) in [5.74, 6) is -0.389. The minimum atomic E-state index is -0.389. The molecule has 116 valence electrons. The largest absolute Gasteiger partial charge is 0.465 e. The Morgan fingerprint density at radius 1 is 1.52 bits per heavy atom. The van der Waals surface area contributed by atoms with Gasteiger partial charge in [0.25, 0.3) is 0 Å². The molecule has 6 nitrogen and oxygen atoms in total. The van der Waals surface area contributed by atoms with E-state index in [-0.39, 0.29) is 17.4 Å². The Bertz CT molecular complexity index is 520. The number of anilines is 2. The Hall–Kier alpha value is -1.79. The molecule has 1 aromatic rings. The molecule has 1 aliphatic rings. The average molecular weight is 294 g/mol. The Morgan fingerprint density at radius 3 is 2.95 bits per heavy atom. The Morgan fingerprint density at radius 2 is 2.29 bits per heavy atom. The highest BCUT2D eigenvalue weighted by molar-refractivity contribution is 5.92. The summed E-state index contributed by atoms with van der Waals surface area (Å²) in [6.07, 6.45) is 0. The minimum absolute atomic E-state index is 0.0626. The number of hydrogen-bond donors (Lipinski definition) is 2. The van der Waals surface area contributed by atoms with Gasteiger partial charge >= 0.3 is 5.97 Å². The molecule has 0 bridgehead atoms. The number of benzene rings is 1. The maximum absolute atomic E-state index is 11.6. The number of carbonyl (C=O) groups excluding carboxylic acids is 1. The molecule has 0 unspecified atom stereocenters. The molecule has 1 saturated heterocycles. The van der Waals surface area contributed by atoms with Crippen molar-refractivity contribution in [3.63, 3.8) is 0 Å². The second kappa shape index (κ2) is 6.32. The molecular formula is C15H22N2O4. The topological polar surface area (TPSA) is 82.8 Å². The van der Waals surface area contributed by atoms with E-state index in [1.807, 2.05) is 0 Å². The first-order valence-electron chi connectivity index (χ1n) is 6.81. The van der Waals surface area contributed by atoms with Crippen LogP contribution in [0.5, 0.6) is 0 Å². The van der Waals surface area contributed by atoms with Gasteiger partial charge in [-0.2, -0.15) is 0 Å². The van der Waals surface area contributed by atoms with Crippen LogP contribution in [0.1, 0.15) is 17.3 Å². The third-order valence-electron chi connectivity index (χ3n) is 3.84. The fourth-order valence-electron chi connectivity index (χ4n) is 2.51. The Kier molecular flexibility index (Phi) is 4.69. The minimum Gasteiger partial charge on any atom is -0.465 e. The summed E-state index contributed by atoms with van der Waals surface area (Å²) in [6, 6.07) is 5.10. The van der Waals surface area contributed by atoms with Crippen molar-refractivity contribution in [2.45, 2.75) is 13.0 Å². The first-order chi connectivity index (χ1) is 10.00. The Labute approximate surface area is 124 Å². The van der Waals surface area contributed by atoms with Crippen molar-refractivity contribution in [1.82, 2.24) is 0 Å². The van der Waals surface area contributed by atoms with Gasteiger partial charge in [-0.15, -0.1) is 0 Å². The summed E-state index contributed by atoms with van der Waals surface area (Å²) in [7, 11) is 3.03. The lowest BCUT2D eigenvalue weighted by Crippen LogP contribution is -2.40. The number of nitrogens with one attached hydrogen (secondary N) is 1. The maximum atomic E-state index is 11.6. The number of esters is 1. The third kappa shape index (κ3) is 3.28. The molecular weight excluding hydrogens is 272 g/mol. The first-order valence-corrected chi connectivity index (χ1v) is 6.81. The van der Waals surface area contributed by atoms with E-state index in [4.69, 9.17) is 19.9 Å². The zero-order chi connectivity index (χ0) is 15.5. The van der Waals surface area contributed by atoms with E-state index >= 15 is 0 Å². The van der Waals surface area contributed by atoms with Gasteiger partial charge in [0, 0.05) is 12.5 Å². The highest BCUT2D eigenvalue weighted by Crippen LogP contribution is 2.33. The van der Waals surface area contributed by atoms with Gasteiger partial charge in [0.05, 0.1) is 49.9 Å². The van der Waals surface area contributed by atoms with Crippen LogP contribution in [-0.2, 0) is 14.2 Å². The molecule has 3 N–H and O–H groups in total. The predicted octanol–water partition coefficient (Wildman–Crippen LogP) is 1.52. The normalized spacial score (nSPS) is 24.8. The fourth-order valence-corrected chi connectivity index (χ4v) is 2.51. The van der Waals surface area contributed by atoms with Gasteiger partial charge in [-0.25, -0.2) is 4.79 Å². The molecule has 6 heteroatoms. The van der Waals surface area contributed by atoms with E-state index in [2.05, 4.69) is 12.2 Å². The van der Waals surface area contributed by atoms with Crippen molar-refractivity contribution >= 4 is 17.3 Å². The number of nitrogen functional groups attached to an aromatic ring is 1. The van der Waals surface area contributed by atoms with Gasteiger partial charge in [0.2, 0.25) is 0 Å². The number of rotatable bonds is 5. The standard InChI is InChI=1S/C15H22N2O4/c1-15(8-19-2)9-21-7-13(15)17-12-6-10(14(18)20-3)4-5-11(12)16/h4-6,13,17H,7-9,16H2,1-3H3/t13-,15+/m1/s1. The van der Waals surface area contributed by atoms with Crippen molar-refractivity contribution < 1.29 is 19.0 Å². The van der Waals surface area contributed by atoms with Crippen LogP contribution in [-0.4, -0.2) is 46.1 Å². The summed E-state index contributed by atoms with van der Waals surface area (Å²) >= 11 is 0. The van der Waals surface area contributed by atoms with Crippen LogP contribution in [0.15, 0.2) is 18.2 Å². The quantitative estimate of drug-likeness (QED) is 0.633. The van der Waals surface area contributed by atoms with Crippen molar-refractivity contribution in [3.8, 4) is 0 Å². The summed E-state index contributed by atoms with van der Waals surface area (Å²) in [5, 5.41) is 3.37. The first kappa shape index (κ1) is 15.6. The summed E-state index contributed by atoms with van der Waals surface area (Å²) < 4.78 is 15.6. The van der Waals surface area contributed by atoms with Gasteiger partial charge in [-0.3, -0.25) is 0 Å². The van der Waals surface area contributed by atoms with Gasteiger partial charge in [0.1, 0.15) is 0 Å². The molecule has 2 atom stereocenters. The summed E-state index contributed by atoms with van der Waals surface area (Å²) in [6.45, 7) is 3.87. The van der Waals surface area contributed by atoms with E-state index < -0.39 is 0 Å². The lowest BCUT2D eigenvalue weighted by atomic mass is 9.86.